The Morgan fingerprint density at radius 2 is 1.81 bits per heavy atom. The fourth-order valence-electron chi connectivity index (χ4n) is 1.81. The predicted octanol–water partition coefficient (Wildman–Crippen LogP) is 5.43. The summed E-state index contributed by atoms with van der Waals surface area (Å²) in [5, 5.41) is 0. The molecule has 0 atom stereocenters. The summed E-state index contributed by atoms with van der Waals surface area (Å²) in [7, 11) is 0. The zero-order valence-electron chi connectivity index (χ0n) is 10.5. The topological polar surface area (TPSA) is 13.1 Å². The molecule has 1 aromatic rings. The molecule has 0 aromatic carbocycles. The number of hydrogen-bond acceptors (Lipinski definition) is 1. The van der Waals surface area contributed by atoms with Gasteiger partial charge in [-0.2, -0.15) is 0 Å². The maximum Gasteiger partial charge on any atom is 0.0974 e. The van der Waals surface area contributed by atoms with Gasteiger partial charge in [-0.15, -0.1) is 0 Å². The van der Waals surface area contributed by atoms with Gasteiger partial charge in [-0.05, 0) is 18.9 Å². The number of allylic oxidation sites excluding steroid dienone is 1. The first kappa shape index (κ1) is 13.1. The van der Waals surface area contributed by atoms with E-state index in [9.17, 15) is 0 Å². The quantitative estimate of drug-likeness (QED) is 0.505. The van der Waals surface area contributed by atoms with Crippen LogP contribution in [0.1, 0.15) is 63.9 Å². The largest absolute Gasteiger partial charge is 0.472 e. The zero-order valence-corrected chi connectivity index (χ0v) is 10.5. The SMILES string of the molecule is CCCCCCCCC/C=C/c1ccoc1. The van der Waals surface area contributed by atoms with E-state index in [-0.39, 0.29) is 0 Å². The minimum atomic E-state index is 1.17. The van der Waals surface area contributed by atoms with Crippen LogP contribution in [0.5, 0.6) is 0 Å². The number of hydrogen-bond donors (Lipinski definition) is 0. The van der Waals surface area contributed by atoms with Gasteiger partial charge in [-0.1, -0.05) is 57.6 Å². The van der Waals surface area contributed by atoms with E-state index in [4.69, 9.17) is 4.42 Å². The van der Waals surface area contributed by atoms with Crippen LogP contribution in [-0.2, 0) is 0 Å². The van der Waals surface area contributed by atoms with E-state index in [0.717, 1.165) is 0 Å². The Labute approximate surface area is 99.6 Å². The molecule has 1 nitrogen and oxygen atoms in total. The second kappa shape index (κ2) is 9.26. The summed E-state index contributed by atoms with van der Waals surface area (Å²) >= 11 is 0. The normalized spacial score (nSPS) is 11.3. The van der Waals surface area contributed by atoms with Gasteiger partial charge in [0.25, 0.3) is 0 Å². The second-order valence-corrected chi connectivity index (χ2v) is 4.37. The van der Waals surface area contributed by atoms with Gasteiger partial charge in [0.15, 0.2) is 0 Å². The maximum absolute atomic E-state index is 5.00. The Morgan fingerprint density at radius 1 is 1.06 bits per heavy atom. The van der Waals surface area contributed by atoms with E-state index in [1.807, 2.05) is 6.07 Å². The third kappa shape index (κ3) is 6.49. The molecule has 90 valence electrons. The van der Waals surface area contributed by atoms with E-state index in [2.05, 4.69) is 19.1 Å². The lowest BCUT2D eigenvalue weighted by Gasteiger charge is -1.98. The van der Waals surface area contributed by atoms with Gasteiger partial charge in [-0.3, -0.25) is 0 Å². The summed E-state index contributed by atoms with van der Waals surface area (Å²) in [4.78, 5) is 0. The van der Waals surface area contributed by atoms with Gasteiger partial charge in [0, 0.05) is 5.56 Å². The van der Waals surface area contributed by atoms with Gasteiger partial charge in [0.2, 0.25) is 0 Å². The van der Waals surface area contributed by atoms with Gasteiger partial charge < -0.3 is 4.42 Å². The van der Waals surface area contributed by atoms with Crippen molar-refractivity contribution in [1.29, 1.82) is 0 Å². The Kier molecular flexibility index (Phi) is 7.57. The molecule has 0 amide bonds. The molecule has 0 radical (unpaired) electrons. The first-order valence-electron chi connectivity index (χ1n) is 6.62. The molecular formula is C15H24O. The molecule has 1 heterocycles. The summed E-state index contributed by atoms with van der Waals surface area (Å²) in [6, 6.07) is 1.99. The average molecular weight is 220 g/mol. The van der Waals surface area contributed by atoms with Crippen molar-refractivity contribution in [3.05, 3.63) is 30.2 Å². The van der Waals surface area contributed by atoms with Crippen LogP contribution in [0.15, 0.2) is 29.1 Å². The smallest absolute Gasteiger partial charge is 0.0974 e. The molecule has 1 aromatic heterocycles. The molecule has 0 fully saturated rings. The van der Waals surface area contributed by atoms with E-state index >= 15 is 0 Å². The predicted molar refractivity (Wildman–Crippen MR) is 70.4 cm³/mol. The van der Waals surface area contributed by atoms with Crippen molar-refractivity contribution < 1.29 is 4.42 Å². The maximum atomic E-state index is 5.00. The zero-order chi connectivity index (χ0) is 11.5. The van der Waals surface area contributed by atoms with Gasteiger partial charge in [-0.25, -0.2) is 0 Å². The van der Waals surface area contributed by atoms with Crippen molar-refractivity contribution in [3.63, 3.8) is 0 Å². The van der Waals surface area contributed by atoms with Crippen LogP contribution in [-0.4, -0.2) is 0 Å². The van der Waals surface area contributed by atoms with Crippen LogP contribution in [0, 0.1) is 0 Å². The average Bonchev–Trinajstić information content (AvgIpc) is 2.80. The van der Waals surface area contributed by atoms with E-state index in [1.54, 1.807) is 12.5 Å². The molecule has 1 heteroatoms. The molecule has 0 bridgehead atoms. The molecule has 0 aliphatic carbocycles. The molecule has 0 saturated carbocycles. The van der Waals surface area contributed by atoms with Gasteiger partial charge in [0.05, 0.1) is 12.5 Å². The Balaban J connectivity index is 1.88. The lowest BCUT2D eigenvalue weighted by molar-refractivity contribution is 0.567. The molecular weight excluding hydrogens is 196 g/mol. The highest BCUT2D eigenvalue weighted by atomic mass is 16.3. The number of furan rings is 1. The summed E-state index contributed by atoms with van der Waals surface area (Å²) in [6.45, 7) is 2.26. The Morgan fingerprint density at radius 3 is 2.50 bits per heavy atom. The third-order valence-electron chi connectivity index (χ3n) is 2.83. The highest BCUT2D eigenvalue weighted by Crippen LogP contribution is 2.09. The van der Waals surface area contributed by atoms with Crippen molar-refractivity contribution in [2.24, 2.45) is 0 Å². The molecule has 0 N–H and O–H groups in total. The van der Waals surface area contributed by atoms with Crippen molar-refractivity contribution >= 4 is 6.08 Å². The molecule has 1 rings (SSSR count). The summed E-state index contributed by atoms with van der Waals surface area (Å²) in [5.41, 5.74) is 1.17. The van der Waals surface area contributed by atoms with Crippen LogP contribution in [0.3, 0.4) is 0 Å². The van der Waals surface area contributed by atoms with Crippen molar-refractivity contribution in [3.8, 4) is 0 Å². The number of unbranched alkanes of at least 4 members (excludes halogenated alkanes) is 7. The fourth-order valence-corrected chi connectivity index (χ4v) is 1.81. The fraction of sp³-hybridized carbons (Fsp3) is 0.600. The molecule has 0 saturated heterocycles. The molecule has 16 heavy (non-hydrogen) atoms. The standard InChI is InChI=1S/C15H24O/c1-2-3-4-5-6-7-8-9-10-11-15-12-13-16-14-15/h10-14H,2-9H2,1H3/b11-10+. The van der Waals surface area contributed by atoms with Crippen LogP contribution in [0.2, 0.25) is 0 Å². The molecule has 0 unspecified atom stereocenters. The van der Waals surface area contributed by atoms with Crippen molar-refractivity contribution in [2.75, 3.05) is 0 Å². The van der Waals surface area contributed by atoms with Crippen molar-refractivity contribution in [1.82, 2.24) is 0 Å². The molecule has 0 aliphatic heterocycles. The first-order chi connectivity index (χ1) is 7.93. The molecule has 0 spiro atoms. The highest BCUT2D eigenvalue weighted by molar-refractivity contribution is 5.46. The van der Waals surface area contributed by atoms with E-state index in [1.165, 1.54) is 56.9 Å². The van der Waals surface area contributed by atoms with Crippen LogP contribution >= 0.6 is 0 Å². The lowest BCUT2D eigenvalue weighted by atomic mass is 10.1. The third-order valence-corrected chi connectivity index (χ3v) is 2.83. The Hall–Kier alpha value is -0.980. The van der Waals surface area contributed by atoms with E-state index < -0.39 is 0 Å². The Bertz CT molecular complexity index is 259. The van der Waals surface area contributed by atoms with Crippen LogP contribution in [0.4, 0.5) is 0 Å². The highest BCUT2D eigenvalue weighted by Gasteiger charge is 1.90. The lowest BCUT2D eigenvalue weighted by Crippen LogP contribution is -1.78. The van der Waals surface area contributed by atoms with Gasteiger partial charge >= 0.3 is 0 Å². The molecule has 0 aliphatic rings. The number of rotatable bonds is 9. The van der Waals surface area contributed by atoms with E-state index in [0.29, 0.717) is 0 Å². The summed E-state index contributed by atoms with van der Waals surface area (Å²) in [6.07, 6.45) is 18.7. The monoisotopic (exact) mass is 220 g/mol. The summed E-state index contributed by atoms with van der Waals surface area (Å²) in [5.74, 6) is 0. The first-order valence-corrected chi connectivity index (χ1v) is 6.62. The minimum absolute atomic E-state index is 1.17. The summed E-state index contributed by atoms with van der Waals surface area (Å²) < 4.78 is 5.00. The van der Waals surface area contributed by atoms with Crippen LogP contribution in [0.25, 0.3) is 6.08 Å². The second-order valence-electron chi connectivity index (χ2n) is 4.37. The van der Waals surface area contributed by atoms with Crippen molar-refractivity contribution in [2.45, 2.75) is 58.3 Å². The van der Waals surface area contributed by atoms with Crippen LogP contribution < -0.4 is 0 Å². The minimum Gasteiger partial charge on any atom is -0.472 e. The van der Waals surface area contributed by atoms with Gasteiger partial charge in [0.1, 0.15) is 0 Å².